The van der Waals surface area contributed by atoms with Gasteiger partial charge in [0.25, 0.3) is 5.56 Å². The number of hydrogen-bond donors (Lipinski definition) is 0. The SMILES string of the molecule is CCOC(=O)Cn1ncc2c(=O)n(C)c3ccc(C)cc3c21. The summed E-state index contributed by atoms with van der Waals surface area (Å²) < 4.78 is 8.11. The van der Waals surface area contributed by atoms with Crippen LogP contribution in [-0.2, 0) is 23.1 Å². The van der Waals surface area contributed by atoms with Gasteiger partial charge in [0.05, 0.1) is 29.2 Å². The van der Waals surface area contributed by atoms with Gasteiger partial charge in [0, 0.05) is 12.4 Å². The van der Waals surface area contributed by atoms with E-state index in [9.17, 15) is 9.59 Å². The number of carbonyl (C=O) groups excluding carboxylic acids is 1. The Morgan fingerprint density at radius 2 is 2.09 bits per heavy atom. The lowest BCUT2D eigenvalue weighted by Gasteiger charge is -2.10. The van der Waals surface area contributed by atoms with Gasteiger partial charge in [-0.15, -0.1) is 0 Å². The van der Waals surface area contributed by atoms with E-state index in [0.29, 0.717) is 17.5 Å². The monoisotopic (exact) mass is 299 g/mol. The van der Waals surface area contributed by atoms with Crippen molar-refractivity contribution in [2.24, 2.45) is 7.05 Å². The second-order valence-corrected chi connectivity index (χ2v) is 5.25. The van der Waals surface area contributed by atoms with Crippen LogP contribution in [0.2, 0.25) is 0 Å². The van der Waals surface area contributed by atoms with Crippen molar-refractivity contribution < 1.29 is 9.53 Å². The van der Waals surface area contributed by atoms with Crippen molar-refractivity contribution in [1.29, 1.82) is 0 Å². The fraction of sp³-hybridized carbons (Fsp3) is 0.312. The number of rotatable bonds is 3. The summed E-state index contributed by atoms with van der Waals surface area (Å²) >= 11 is 0. The fourth-order valence-electron chi connectivity index (χ4n) is 2.70. The number of esters is 1. The molecule has 3 rings (SSSR count). The molecule has 0 spiro atoms. The van der Waals surface area contributed by atoms with Gasteiger partial charge in [-0.3, -0.25) is 14.3 Å². The number of pyridine rings is 1. The zero-order valence-corrected chi connectivity index (χ0v) is 12.8. The molecule has 0 aliphatic heterocycles. The van der Waals surface area contributed by atoms with Crippen molar-refractivity contribution in [3.05, 3.63) is 40.3 Å². The van der Waals surface area contributed by atoms with Crippen LogP contribution in [0.3, 0.4) is 0 Å². The zero-order valence-electron chi connectivity index (χ0n) is 12.8. The van der Waals surface area contributed by atoms with Gasteiger partial charge >= 0.3 is 5.97 Å². The molecule has 1 aromatic carbocycles. The molecule has 22 heavy (non-hydrogen) atoms. The minimum absolute atomic E-state index is 0.00640. The van der Waals surface area contributed by atoms with E-state index in [1.807, 2.05) is 25.1 Å². The van der Waals surface area contributed by atoms with Crippen LogP contribution < -0.4 is 5.56 Å². The van der Waals surface area contributed by atoms with Gasteiger partial charge in [-0.2, -0.15) is 5.10 Å². The van der Waals surface area contributed by atoms with Crippen LogP contribution in [0.4, 0.5) is 0 Å². The van der Waals surface area contributed by atoms with Gasteiger partial charge in [0.1, 0.15) is 6.54 Å². The Morgan fingerprint density at radius 1 is 1.32 bits per heavy atom. The van der Waals surface area contributed by atoms with Crippen molar-refractivity contribution in [1.82, 2.24) is 14.3 Å². The Hall–Kier alpha value is -2.63. The summed E-state index contributed by atoms with van der Waals surface area (Å²) in [6.45, 7) is 4.06. The molecule has 0 bridgehead atoms. The quantitative estimate of drug-likeness (QED) is 0.691. The first-order valence-electron chi connectivity index (χ1n) is 7.13. The zero-order chi connectivity index (χ0) is 15.9. The number of carbonyl (C=O) groups is 1. The van der Waals surface area contributed by atoms with E-state index in [2.05, 4.69) is 5.10 Å². The van der Waals surface area contributed by atoms with Crippen molar-refractivity contribution >= 4 is 27.8 Å². The van der Waals surface area contributed by atoms with Crippen molar-refractivity contribution in [3.63, 3.8) is 0 Å². The van der Waals surface area contributed by atoms with Crippen LogP contribution in [0.25, 0.3) is 21.8 Å². The number of benzene rings is 1. The second kappa shape index (κ2) is 5.29. The Bertz CT molecular complexity index is 937. The maximum atomic E-state index is 12.4. The van der Waals surface area contributed by atoms with E-state index in [0.717, 1.165) is 16.5 Å². The fourth-order valence-corrected chi connectivity index (χ4v) is 2.70. The standard InChI is InChI=1S/C16H17N3O3/c1-4-22-14(20)9-19-15-11-7-10(2)5-6-13(11)18(3)16(21)12(15)8-17-19/h5-8H,4,9H2,1-3H3. The van der Waals surface area contributed by atoms with Crippen molar-refractivity contribution in [3.8, 4) is 0 Å². The molecule has 0 aliphatic rings. The molecule has 0 radical (unpaired) electrons. The van der Waals surface area contributed by atoms with Gasteiger partial charge in [0.15, 0.2) is 0 Å². The molecule has 0 saturated heterocycles. The topological polar surface area (TPSA) is 66.1 Å². The predicted molar refractivity (Wildman–Crippen MR) is 83.9 cm³/mol. The molecule has 3 aromatic rings. The maximum Gasteiger partial charge on any atom is 0.327 e. The van der Waals surface area contributed by atoms with Gasteiger partial charge in [0.2, 0.25) is 0 Å². The first-order valence-corrected chi connectivity index (χ1v) is 7.13. The highest BCUT2D eigenvalue weighted by atomic mass is 16.5. The second-order valence-electron chi connectivity index (χ2n) is 5.25. The number of nitrogens with zero attached hydrogens (tertiary/aromatic N) is 3. The molecular weight excluding hydrogens is 282 g/mol. The molecule has 6 nitrogen and oxygen atoms in total. The van der Waals surface area contributed by atoms with Crippen LogP contribution in [0.15, 0.2) is 29.2 Å². The smallest absolute Gasteiger partial charge is 0.327 e. The summed E-state index contributed by atoms with van der Waals surface area (Å²) in [6.07, 6.45) is 1.51. The van der Waals surface area contributed by atoms with Crippen LogP contribution in [0.5, 0.6) is 0 Å². The van der Waals surface area contributed by atoms with Crippen LogP contribution in [0, 0.1) is 6.92 Å². The van der Waals surface area contributed by atoms with Crippen LogP contribution >= 0.6 is 0 Å². The lowest BCUT2D eigenvalue weighted by molar-refractivity contribution is -0.143. The number of hydrogen-bond acceptors (Lipinski definition) is 4. The van der Waals surface area contributed by atoms with E-state index in [-0.39, 0.29) is 18.1 Å². The van der Waals surface area contributed by atoms with Crippen LogP contribution in [0.1, 0.15) is 12.5 Å². The van der Waals surface area contributed by atoms with E-state index >= 15 is 0 Å². The van der Waals surface area contributed by atoms with E-state index in [1.165, 1.54) is 10.9 Å². The molecule has 0 atom stereocenters. The summed E-state index contributed by atoms with van der Waals surface area (Å²) in [5.41, 5.74) is 2.45. The number of aryl methyl sites for hydroxylation is 2. The summed E-state index contributed by atoms with van der Waals surface area (Å²) in [5, 5.41) is 5.61. The van der Waals surface area contributed by atoms with E-state index < -0.39 is 0 Å². The number of aromatic nitrogens is 3. The van der Waals surface area contributed by atoms with Crippen molar-refractivity contribution in [2.75, 3.05) is 6.61 Å². The molecule has 114 valence electrons. The maximum absolute atomic E-state index is 12.4. The molecule has 0 unspecified atom stereocenters. The third-order valence-corrected chi connectivity index (χ3v) is 3.73. The summed E-state index contributed by atoms with van der Waals surface area (Å²) in [4.78, 5) is 24.2. The number of ether oxygens (including phenoxy) is 1. The molecule has 0 amide bonds. The third kappa shape index (κ3) is 2.16. The van der Waals surface area contributed by atoms with Crippen LogP contribution in [-0.4, -0.2) is 26.9 Å². The van der Waals surface area contributed by atoms with Gasteiger partial charge in [-0.25, -0.2) is 0 Å². The normalized spacial score (nSPS) is 11.2. The highest BCUT2D eigenvalue weighted by Gasteiger charge is 2.15. The molecule has 0 aliphatic carbocycles. The Morgan fingerprint density at radius 3 is 2.82 bits per heavy atom. The molecule has 2 heterocycles. The Balaban J connectivity index is 2.33. The summed E-state index contributed by atoms with van der Waals surface area (Å²) in [5.74, 6) is -0.367. The Labute approximate surface area is 126 Å². The predicted octanol–water partition coefficient (Wildman–Crippen LogP) is 1.76. The molecule has 0 saturated carbocycles. The van der Waals surface area contributed by atoms with Gasteiger partial charge in [-0.1, -0.05) is 11.6 Å². The van der Waals surface area contributed by atoms with Gasteiger partial charge in [-0.05, 0) is 26.0 Å². The lowest BCUT2D eigenvalue weighted by Crippen LogP contribution is -2.18. The first kappa shape index (κ1) is 14.3. The lowest BCUT2D eigenvalue weighted by atomic mass is 10.1. The molecule has 0 N–H and O–H groups in total. The number of fused-ring (bicyclic) bond motifs is 3. The average Bonchev–Trinajstić information content (AvgIpc) is 2.88. The Kier molecular flexibility index (Phi) is 3.44. The van der Waals surface area contributed by atoms with Crippen molar-refractivity contribution in [2.45, 2.75) is 20.4 Å². The van der Waals surface area contributed by atoms with E-state index in [4.69, 9.17) is 4.74 Å². The van der Waals surface area contributed by atoms with Gasteiger partial charge < -0.3 is 9.30 Å². The third-order valence-electron chi connectivity index (χ3n) is 3.73. The first-order chi connectivity index (χ1) is 10.5. The molecule has 0 fully saturated rings. The summed E-state index contributed by atoms with van der Waals surface area (Å²) in [6, 6.07) is 5.87. The van der Waals surface area contributed by atoms with E-state index in [1.54, 1.807) is 18.5 Å². The molecule has 2 aromatic heterocycles. The summed E-state index contributed by atoms with van der Waals surface area (Å²) in [7, 11) is 1.74. The highest BCUT2D eigenvalue weighted by molar-refractivity contribution is 6.03. The minimum Gasteiger partial charge on any atom is -0.465 e. The largest absolute Gasteiger partial charge is 0.465 e. The average molecular weight is 299 g/mol. The molecular formula is C16H17N3O3. The minimum atomic E-state index is -0.367. The molecule has 6 heteroatoms. The highest BCUT2D eigenvalue weighted by Crippen LogP contribution is 2.23.